The van der Waals surface area contributed by atoms with Crippen LogP contribution in [0, 0.1) is 0 Å². The third-order valence-electron chi connectivity index (χ3n) is 3.86. The lowest BCUT2D eigenvalue weighted by atomic mass is 10.1. The molecule has 2 amide bonds. The lowest BCUT2D eigenvalue weighted by molar-refractivity contribution is -0.142. The van der Waals surface area contributed by atoms with Crippen molar-refractivity contribution in [2.75, 3.05) is 18.5 Å². The van der Waals surface area contributed by atoms with Gasteiger partial charge >= 0.3 is 12.1 Å². The summed E-state index contributed by atoms with van der Waals surface area (Å²) in [5.74, 6) is -1.25. The average Bonchev–Trinajstić information content (AvgIpc) is 2.72. The Morgan fingerprint density at radius 2 is 1.52 bits per heavy atom. The third-order valence-corrected chi connectivity index (χ3v) is 3.86. The summed E-state index contributed by atoms with van der Waals surface area (Å²) < 4.78 is 10.00. The van der Waals surface area contributed by atoms with Gasteiger partial charge in [0.25, 0.3) is 5.91 Å². The predicted octanol–water partition coefficient (Wildman–Crippen LogP) is 3.58. The number of hydrogen-bond donors (Lipinski definition) is 2. The maximum Gasteiger partial charge on any atom is 0.407 e. The van der Waals surface area contributed by atoms with Crippen LogP contribution in [-0.4, -0.2) is 42.5 Å². The van der Waals surface area contributed by atoms with Crippen molar-refractivity contribution < 1.29 is 28.7 Å². The highest BCUT2D eigenvalue weighted by Gasteiger charge is 2.16. The Labute approximate surface area is 180 Å². The quantitative estimate of drug-likeness (QED) is 0.493. The van der Waals surface area contributed by atoms with Gasteiger partial charge in [-0.3, -0.25) is 14.4 Å². The highest BCUT2D eigenvalue weighted by Crippen LogP contribution is 2.12. The number of Topliss-reactive ketones (excluding diaryl/α,β-unsaturated/α-hetero) is 1. The van der Waals surface area contributed by atoms with Crippen LogP contribution in [0.3, 0.4) is 0 Å². The van der Waals surface area contributed by atoms with Crippen LogP contribution in [-0.2, 0) is 14.3 Å². The lowest BCUT2D eigenvalue weighted by Crippen LogP contribution is -2.33. The fraction of sp³-hybridized carbons (Fsp3) is 0.304. The summed E-state index contributed by atoms with van der Waals surface area (Å²) in [6.45, 7) is 4.82. The molecule has 0 aliphatic carbocycles. The number of carbonyl (C=O) groups excluding carboxylic acids is 4. The molecule has 8 heteroatoms. The largest absolute Gasteiger partial charge is 0.457 e. The van der Waals surface area contributed by atoms with Crippen molar-refractivity contribution in [1.82, 2.24) is 5.32 Å². The number of carbonyl (C=O) groups is 4. The van der Waals surface area contributed by atoms with Crippen LogP contribution >= 0.6 is 0 Å². The number of rotatable bonds is 8. The molecule has 2 aromatic rings. The zero-order chi connectivity index (χ0) is 22.9. The number of alkyl carbamates (subject to hydrolysis) is 1. The number of amides is 2. The van der Waals surface area contributed by atoms with Gasteiger partial charge in [0, 0.05) is 23.4 Å². The fourth-order valence-corrected chi connectivity index (χ4v) is 2.41. The second-order valence-corrected chi connectivity index (χ2v) is 7.66. The second kappa shape index (κ2) is 10.9. The number of hydrogen-bond acceptors (Lipinski definition) is 6. The number of benzene rings is 2. The molecule has 2 rings (SSSR count). The minimum Gasteiger partial charge on any atom is -0.457 e. The summed E-state index contributed by atoms with van der Waals surface area (Å²) in [6.07, 6.45) is -0.715. The lowest BCUT2D eigenvalue weighted by Gasteiger charge is -2.19. The average molecular weight is 426 g/mol. The van der Waals surface area contributed by atoms with Gasteiger partial charge in [0.2, 0.25) is 0 Å². The smallest absolute Gasteiger partial charge is 0.407 e. The second-order valence-electron chi connectivity index (χ2n) is 7.66. The van der Waals surface area contributed by atoms with Gasteiger partial charge in [0.05, 0.1) is 6.42 Å². The van der Waals surface area contributed by atoms with E-state index >= 15 is 0 Å². The van der Waals surface area contributed by atoms with Gasteiger partial charge < -0.3 is 20.1 Å². The highest BCUT2D eigenvalue weighted by molar-refractivity contribution is 6.04. The Morgan fingerprint density at radius 3 is 2.13 bits per heavy atom. The Hall–Kier alpha value is -3.68. The van der Waals surface area contributed by atoms with Gasteiger partial charge in [-0.15, -0.1) is 0 Å². The molecule has 0 aromatic heterocycles. The van der Waals surface area contributed by atoms with E-state index in [1.807, 2.05) is 6.07 Å². The summed E-state index contributed by atoms with van der Waals surface area (Å²) in [5.41, 5.74) is 0.778. The molecule has 0 saturated carbocycles. The Balaban J connectivity index is 1.74. The first-order valence-electron chi connectivity index (χ1n) is 9.76. The van der Waals surface area contributed by atoms with Crippen molar-refractivity contribution in [2.24, 2.45) is 0 Å². The first-order valence-corrected chi connectivity index (χ1v) is 9.76. The molecule has 0 bridgehead atoms. The molecule has 2 aromatic carbocycles. The topological polar surface area (TPSA) is 111 Å². The molecular weight excluding hydrogens is 400 g/mol. The van der Waals surface area contributed by atoms with E-state index in [0.29, 0.717) is 16.8 Å². The molecule has 8 nitrogen and oxygen atoms in total. The van der Waals surface area contributed by atoms with Gasteiger partial charge in [-0.05, 0) is 57.2 Å². The van der Waals surface area contributed by atoms with E-state index in [0.717, 1.165) is 0 Å². The minimum atomic E-state index is -0.629. The number of anilines is 1. The molecule has 164 valence electrons. The molecule has 31 heavy (non-hydrogen) atoms. The van der Waals surface area contributed by atoms with Crippen molar-refractivity contribution in [3.63, 3.8) is 0 Å². The van der Waals surface area contributed by atoms with Crippen molar-refractivity contribution in [1.29, 1.82) is 0 Å². The minimum absolute atomic E-state index is 0.0394. The van der Waals surface area contributed by atoms with Crippen LogP contribution in [0.15, 0.2) is 54.6 Å². The van der Waals surface area contributed by atoms with Gasteiger partial charge in [-0.2, -0.15) is 0 Å². The molecule has 0 aliphatic rings. The SMILES string of the molecule is CC(C)(C)OC(=O)NCCC(=O)OCC(=O)c1ccc(NC(=O)c2ccccc2)cc1. The summed E-state index contributed by atoms with van der Waals surface area (Å²) in [7, 11) is 0. The van der Waals surface area contributed by atoms with Crippen molar-refractivity contribution in [3.8, 4) is 0 Å². The standard InChI is InChI=1S/C23H26N2O6/c1-23(2,3)31-22(29)24-14-13-20(27)30-15-19(26)16-9-11-18(12-10-16)25-21(28)17-7-5-4-6-8-17/h4-12H,13-15H2,1-3H3,(H,24,29)(H,25,28). The van der Waals surface area contributed by atoms with Crippen LogP contribution in [0.5, 0.6) is 0 Å². The number of ketones is 1. The number of ether oxygens (including phenoxy) is 2. The summed E-state index contributed by atoms with van der Waals surface area (Å²) in [6, 6.07) is 15.0. The van der Waals surface area contributed by atoms with Gasteiger partial charge in [0.15, 0.2) is 12.4 Å². The third kappa shape index (κ3) is 8.69. The van der Waals surface area contributed by atoms with E-state index < -0.39 is 24.3 Å². The molecule has 0 saturated heterocycles. The molecule has 0 heterocycles. The van der Waals surface area contributed by atoms with E-state index in [9.17, 15) is 19.2 Å². The van der Waals surface area contributed by atoms with Crippen molar-refractivity contribution in [2.45, 2.75) is 32.8 Å². The molecule has 0 fully saturated rings. The first kappa shape index (κ1) is 23.6. The van der Waals surface area contributed by atoms with Gasteiger partial charge in [-0.1, -0.05) is 18.2 Å². The van der Waals surface area contributed by atoms with E-state index in [1.54, 1.807) is 69.3 Å². The monoisotopic (exact) mass is 426 g/mol. The summed E-state index contributed by atoms with van der Waals surface area (Å²) >= 11 is 0. The van der Waals surface area contributed by atoms with Gasteiger partial charge in [0.1, 0.15) is 5.60 Å². The highest BCUT2D eigenvalue weighted by atomic mass is 16.6. The molecule has 0 atom stereocenters. The zero-order valence-electron chi connectivity index (χ0n) is 17.8. The Kier molecular flexibility index (Phi) is 8.31. The zero-order valence-corrected chi connectivity index (χ0v) is 17.8. The predicted molar refractivity (Wildman–Crippen MR) is 115 cm³/mol. The van der Waals surface area contributed by atoms with E-state index in [4.69, 9.17) is 9.47 Å². The normalized spacial score (nSPS) is 10.7. The molecule has 0 spiro atoms. The van der Waals surface area contributed by atoms with E-state index in [2.05, 4.69) is 10.6 Å². The number of esters is 1. The van der Waals surface area contributed by atoms with E-state index in [1.165, 1.54) is 0 Å². The first-order chi connectivity index (χ1) is 14.6. The van der Waals surface area contributed by atoms with Crippen LogP contribution in [0.25, 0.3) is 0 Å². The molecule has 0 radical (unpaired) electrons. The van der Waals surface area contributed by atoms with E-state index in [-0.39, 0.29) is 24.7 Å². The molecular formula is C23H26N2O6. The van der Waals surface area contributed by atoms with Crippen LogP contribution in [0.1, 0.15) is 47.9 Å². The summed E-state index contributed by atoms with van der Waals surface area (Å²) in [4.78, 5) is 47.6. The fourth-order valence-electron chi connectivity index (χ4n) is 2.41. The Bertz CT molecular complexity index is 917. The van der Waals surface area contributed by atoms with Crippen molar-refractivity contribution >= 4 is 29.4 Å². The maximum absolute atomic E-state index is 12.2. The Morgan fingerprint density at radius 1 is 0.871 bits per heavy atom. The maximum atomic E-state index is 12.2. The molecule has 2 N–H and O–H groups in total. The van der Waals surface area contributed by atoms with Crippen LogP contribution < -0.4 is 10.6 Å². The van der Waals surface area contributed by atoms with Crippen LogP contribution in [0.4, 0.5) is 10.5 Å². The van der Waals surface area contributed by atoms with Crippen LogP contribution in [0.2, 0.25) is 0 Å². The molecule has 0 aliphatic heterocycles. The van der Waals surface area contributed by atoms with Crippen molar-refractivity contribution in [3.05, 3.63) is 65.7 Å². The number of nitrogens with one attached hydrogen (secondary N) is 2. The molecule has 0 unspecified atom stereocenters. The summed E-state index contributed by atoms with van der Waals surface area (Å²) in [5, 5.41) is 5.18. The van der Waals surface area contributed by atoms with Gasteiger partial charge in [-0.25, -0.2) is 4.79 Å².